The molecule has 1 aromatic rings. The first-order chi connectivity index (χ1) is 7.79. The van der Waals surface area contributed by atoms with Crippen molar-refractivity contribution in [1.82, 2.24) is 15.1 Å². The van der Waals surface area contributed by atoms with Gasteiger partial charge in [0.1, 0.15) is 10.2 Å². The molecule has 0 saturated carbocycles. The van der Waals surface area contributed by atoms with Crippen LogP contribution in [-0.2, 0) is 11.3 Å². The Bertz CT molecular complexity index is 450. The summed E-state index contributed by atoms with van der Waals surface area (Å²) in [7, 11) is 0. The van der Waals surface area contributed by atoms with Crippen LogP contribution in [0.5, 0.6) is 0 Å². The van der Waals surface area contributed by atoms with Gasteiger partial charge in [-0.25, -0.2) is 4.79 Å². The lowest BCUT2D eigenvalue weighted by Gasteiger charge is -2.27. The number of amides is 1. The third-order valence-electron chi connectivity index (χ3n) is 2.69. The SMILES string of the molecule is CC1c2[nH]nc(Br)c2CN1C(=O)OC(C)(C)C. The highest BCUT2D eigenvalue weighted by Crippen LogP contribution is 2.36. The molecule has 0 radical (unpaired) electrons. The largest absolute Gasteiger partial charge is 0.444 e. The molecule has 0 saturated heterocycles. The number of nitrogens with one attached hydrogen (secondary N) is 1. The molecular formula is C11H16BrN3O2. The van der Waals surface area contributed by atoms with Crippen LogP contribution in [0.3, 0.4) is 0 Å². The lowest BCUT2D eigenvalue weighted by atomic mass is 10.2. The van der Waals surface area contributed by atoms with Gasteiger partial charge in [0.2, 0.25) is 0 Å². The molecule has 1 atom stereocenters. The van der Waals surface area contributed by atoms with Crippen LogP contribution in [0.25, 0.3) is 0 Å². The fraction of sp³-hybridized carbons (Fsp3) is 0.636. The van der Waals surface area contributed by atoms with E-state index in [1.54, 1.807) is 4.90 Å². The maximum Gasteiger partial charge on any atom is 0.411 e. The number of carbonyl (C=O) groups excluding carboxylic acids is 1. The molecule has 17 heavy (non-hydrogen) atoms. The maximum absolute atomic E-state index is 12.0. The van der Waals surface area contributed by atoms with E-state index >= 15 is 0 Å². The zero-order chi connectivity index (χ0) is 12.8. The normalized spacial score (nSPS) is 19.4. The van der Waals surface area contributed by atoms with E-state index in [4.69, 9.17) is 4.74 Å². The summed E-state index contributed by atoms with van der Waals surface area (Å²) in [6.07, 6.45) is -0.290. The smallest absolute Gasteiger partial charge is 0.411 e. The number of rotatable bonds is 0. The van der Waals surface area contributed by atoms with Gasteiger partial charge in [0.25, 0.3) is 0 Å². The van der Waals surface area contributed by atoms with Crippen molar-refractivity contribution in [2.75, 3.05) is 0 Å². The molecule has 2 heterocycles. The minimum atomic E-state index is -0.470. The third kappa shape index (κ3) is 2.31. The van der Waals surface area contributed by atoms with Gasteiger partial charge in [-0.3, -0.25) is 10.00 Å². The molecule has 2 rings (SSSR count). The number of hydrogen-bond acceptors (Lipinski definition) is 3. The Balaban J connectivity index is 2.15. The summed E-state index contributed by atoms with van der Waals surface area (Å²) in [5, 5.41) is 7.01. The Kier molecular flexibility index (Phi) is 2.93. The minimum absolute atomic E-state index is 0.0290. The second kappa shape index (κ2) is 4.01. The first-order valence-corrected chi connectivity index (χ1v) is 6.31. The Morgan fingerprint density at radius 3 is 2.76 bits per heavy atom. The van der Waals surface area contributed by atoms with E-state index in [0.29, 0.717) is 6.54 Å². The Hall–Kier alpha value is -1.04. The number of aromatic amines is 1. The number of nitrogens with zero attached hydrogens (tertiary/aromatic N) is 2. The Morgan fingerprint density at radius 2 is 2.24 bits per heavy atom. The van der Waals surface area contributed by atoms with Crippen molar-refractivity contribution in [2.45, 2.75) is 45.9 Å². The van der Waals surface area contributed by atoms with E-state index < -0.39 is 5.60 Å². The number of H-pyrrole nitrogens is 1. The van der Waals surface area contributed by atoms with E-state index in [2.05, 4.69) is 26.1 Å². The van der Waals surface area contributed by atoms with E-state index in [1.807, 2.05) is 27.7 Å². The van der Waals surface area contributed by atoms with Crippen molar-refractivity contribution in [3.8, 4) is 0 Å². The van der Waals surface area contributed by atoms with Crippen LogP contribution in [0.4, 0.5) is 4.79 Å². The molecule has 1 unspecified atom stereocenters. The number of fused-ring (bicyclic) bond motifs is 1. The van der Waals surface area contributed by atoms with E-state index in [0.717, 1.165) is 15.9 Å². The molecule has 0 aromatic carbocycles. The quantitative estimate of drug-likeness (QED) is 0.801. The molecule has 1 amide bonds. The van der Waals surface area contributed by atoms with E-state index in [-0.39, 0.29) is 12.1 Å². The van der Waals surface area contributed by atoms with Crippen molar-refractivity contribution in [3.63, 3.8) is 0 Å². The van der Waals surface area contributed by atoms with Crippen LogP contribution >= 0.6 is 15.9 Å². The fourth-order valence-corrected chi connectivity index (χ4v) is 2.29. The first kappa shape index (κ1) is 12.4. The van der Waals surface area contributed by atoms with Crippen LogP contribution in [0, 0.1) is 0 Å². The zero-order valence-corrected chi connectivity index (χ0v) is 12.0. The van der Waals surface area contributed by atoms with Gasteiger partial charge in [0, 0.05) is 5.56 Å². The maximum atomic E-state index is 12.0. The third-order valence-corrected chi connectivity index (χ3v) is 3.35. The number of aromatic nitrogens is 2. The molecule has 0 fully saturated rings. The highest BCUT2D eigenvalue weighted by Gasteiger charge is 2.36. The molecule has 1 N–H and O–H groups in total. The topological polar surface area (TPSA) is 58.2 Å². The van der Waals surface area contributed by atoms with Gasteiger partial charge >= 0.3 is 6.09 Å². The molecule has 0 bridgehead atoms. The van der Waals surface area contributed by atoms with E-state index in [9.17, 15) is 4.79 Å². The molecule has 0 spiro atoms. The molecule has 1 aliphatic heterocycles. The standard InChI is InChI=1S/C11H16BrN3O2/c1-6-8-7(9(12)14-13-8)5-15(6)10(16)17-11(2,3)4/h6H,5H2,1-4H3,(H,13,14). The summed E-state index contributed by atoms with van der Waals surface area (Å²) in [5.41, 5.74) is 1.54. The zero-order valence-electron chi connectivity index (χ0n) is 10.4. The molecule has 1 aromatic heterocycles. The highest BCUT2D eigenvalue weighted by molar-refractivity contribution is 9.10. The summed E-state index contributed by atoms with van der Waals surface area (Å²) in [5.74, 6) is 0. The van der Waals surface area contributed by atoms with Gasteiger partial charge in [-0.05, 0) is 43.6 Å². The van der Waals surface area contributed by atoms with Crippen LogP contribution in [0.1, 0.15) is 45.0 Å². The molecule has 5 nitrogen and oxygen atoms in total. The highest BCUT2D eigenvalue weighted by atomic mass is 79.9. The van der Waals surface area contributed by atoms with Crippen molar-refractivity contribution < 1.29 is 9.53 Å². The van der Waals surface area contributed by atoms with Crippen molar-refractivity contribution in [2.24, 2.45) is 0 Å². The van der Waals surface area contributed by atoms with Gasteiger partial charge in [0.15, 0.2) is 0 Å². The summed E-state index contributed by atoms with van der Waals surface area (Å²) in [4.78, 5) is 13.7. The fourth-order valence-electron chi connectivity index (χ4n) is 1.86. The predicted octanol–water partition coefficient (Wildman–Crippen LogP) is 2.98. The lowest BCUT2D eigenvalue weighted by molar-refractivity contribution is 0.0184. The average Bonchev–Trinajstić information content (AvgIpc) is 2.67. The molecule has 0 aliphatic carbocycles. The van der Waals surface area contributed by atoms with Gasteiger partial charge in [0.05, 0.1) is 18.3 Å². The van der Waals surface area contributed by atoms with Gasteiger partial charge in [-0.2, -0.15) is 5.10 Å². The van der Waals surface area contributed by atoms with Gasteiger partial charge < -0.3 is 4.74 Å². The van der Waals surface area contributed by atoms with E-state index in [1.165, 1.54) is 0 Å². The first-order valence-electron chi connectivity index (χ1n) is 5.52. The monoisotopic (exact) mass is 301 g/mol. The summed E-state index contributed by atoms with van der Waals surface area (Å²) < 4.78 is 6.14. The summed E-state index contributed by atoms with van der Waals surface area (Å²) in [6.45, 7) is 8.08. The van der Waals surface area contributed by atoms with Crippen molar-refractivity contribution >= 4 is 22.0 Å². The number of halogens is 1. The minimum Gasteiger partial charge on any atom is -0.444 e. The molecule has 94 valence electrons. The average molecular weight is 302 g/mol. The van der Waals surface area contributed by atoms with Gasteiger partial charge in [-0.1, -0.05) is 0 Å². The second-order valence-electron chi connectivity index (χ2n) is 5.19. The van der Waals surface area contributed by atoms with Crippen LogP contribution in [0.15, 0.2) is 4.60 Å². The molecule has 6 heteroatoms. The predicted molar refractivity (Wildman–Crippen MR) is 66.5 cm³/mol. The van der Waals surface area contributed by atoms with Crippen molar-refractivity contribution in [1.29, 1.82) is 0 Å². The molecule has 1 aliphatic rings. The molecular weight excluding hydrogens is 286 g/mol. The Morgan fingerprint density at radius 1 is 1.59 bits per heavy atom. The lowest BCUT2D eigenvalue weighted by Crippen LogP contribution is -2.35. The Labute approximate surface area is 109 Å². The number of carbonyl (C=O) groups is 1. The van der Waals surface area contributed by atoms with Gasteiger partial charge in [-0.15, -0.1) is 0 Å². The van der Waals surface area contributed by atoms with Crippen LogP contribution in [0.2, 0.25) is 0 Å². The van der Waals surface area contributed by atoms with Crippen LogP contribution in [-0.4, -0.2) is 26.8 Å². The second-order valence-corrected chi connectivity index (χ2v) is 5.94. The summed E-state index contributed by atoms with van der Waals surface area (Å²) >= 11 is 3.36. The van der Waals surface area contributed by atoms with Crippen molar-refractivity contribution in [3.05, 3.63) is 15.9 Å². The number of ether oxygens (including phenoxy) is 1. The van der Waals surface area contributed by atoms with Crippen LogP contribution < -0.4 is 0 Å². The summed E-state index contributed by atoms with van der Waals surface area (Å²) in [6, 6.07) is -0.0290. The number of hydrogen-bond donors (Lipinski definition) is 1.